The van der Waals surface area contributed by atoms with Crippen molar-refractivity contribution in [1.29, 1.82) is 0 Å². The SMILES string of the molecule is COc1ccccc1N1CCN(c2ncnc3ccccc23)CC1. The van der Waals surface area contributed by atoms with E-state index in [1.54, 1.807) is 13.4 Å². The van der Waals surface area contributed by atoms with Gasteiger partial charge in [-0.3, -0.25) is 0 Å². The maximum Gasteiger partial charge on any atom is 0.142 e. The van der Waals surface area contributed by atoms with Crippen molar-refractivity contribution >= 4 is 22.4 Å². The average Bonchev–Trinajstić information content (AvgIpc) is 2.67. The van der Waals surface area contributed by atoms with Crippen molar-refractivity contribution in [1.82, 2.24) is 9.97 Å². The number of ether oxygens (including phenoxy) is 1. The summed E-state index contributed by atoms with van der Waals surface area (Å²) in [6.45, 7) is 3.75. The Bertz CT molecular complexity index is 838. The number of aromatic nitrogens is 2. The van der Waals surface area contributed by atoms with E-state index in [4.69, 9.17) is 4.74 Å². The zero-order chi connectivity index (χ0) is 16.4. The maximum atomic E-state index is 5.49. The maximum absolute atomic E-state index is 5.49. The number of rotatable bonds is 3. The Balaban J connectivity index is 1.56. The highest BCUT2D eigenvalue weighted by molar-refractivity contribution is 5.89. The first-order valence-electron chi connectivity index (χ1n) is 8.19. The van der Waals surface area contributed by atoms with Gasteiger partial charge in [-0.15, -0.1) is 0 Å². The molecule has 0 aliphatic carbocycles. The van der Waals surface area contributed by atoms with E-state index in [0.717, 1.165) is 54.3 Å². The number of benzene rings is 2. The number of fused-ring (bicyclic) bond motifs is 1. The Labute approximate surface area is 141 Å². The van der Waals surface area contributed by atoms with E-state index < -0.39 is 0 Å². The van der Waals surface area contributed by atoms with Crippen LogP contribution in [0.3, 0.4) is 0 Å². The van der Waals surface area contributed by atoms with Crippen LogP contribution in [0, 0.1) is 0 Å². The molecule has 0 unspecified atom stereocenters. The lowest BCUT2D eigenvalue weighted by molar-refractivity contribution is 0.413. The molecule has 2 aromatic carbocycles. The summed E-state index contributed by atoms with van der Waals surface area (Å²) in [5.74, 6) is 1.96. The Hall–Kier alpha value is -2.82. The summed E-state index contributed by atoms with van der Waals surface area (Å²) in [5.41, 5.74) is 2.15. The Morgan fingerprint density at radius 3 is 2.38 bits per heavy atom. The van der Waals surface area contributed by atoms with E-state index in [1.165, 1.54) is 0 Å². The van der Waals surface area contributed by atoms with Crippen molar-refractivity contribution in [3.05, 3.63) is 54.9 Å². The highest BCUT2D eigenvalue weighted by Crippen LogP contribution is 2.30. The van der Waals surface area contributed by atoms with E-state index in [-0.39, 0.29) is 0 Å². The van der Waals surface area contributed by atoms with Crippen LogP contribution < -0.4 is 14.5 Å². The minimum Gasteiger partial charge on any atom is -0.495 e. The number of methoxy groups -OCH3 is 1. The average molecular weight is 320 g/mol. The predicted octanol–water partition coefficient (Wildman–Crippen LogP) is 2.97. The lowest BCUT2D eigenvalue weighted by Crippen LogP contribution is -2.47. The summed E-state index contributed by atoms with van der Waals surface area (Å²) in [6, 6.07) is 16.4. The molecule has 122 valence electrons. The fraction of sp³-hybridized carbons (Fsp3) is 0.263. The molecular weight excluding hydrogens is 300 g/mol. The molecule has 1 saturated heterocycles. The third-order valence-electron chi connectivity index (χ3n) is 4.53. The number of hydrogen-bond donors (Lipinski definition) is 0. The second kappa shape index (κ2) is 6.35. The summed E-state index contributed by atoms with van der Waals surface area (Å²) < 4.78 is 5.49. The van der Waals surface area contributed by atoms with Crippen LogP contribution in [0.1, 0.15) is 0 Å². The summed E-state index contributed by atoms with van der Waals surface area (Å²) in [4.78, 5) is 13.6. The van der Waals surface area contributed by atoms with Crippen molar-refractivity contribution in [2.75, 3.05) is 43.1 Å². The first-order chi connectivity index (χ1) is 11.9. The van der Waals surface area contributed by atoms with Gasteiger partial charge in [-0.1, -0.05) is 24.3 Å². The zero-order valence-electron chi connectivity index (χ0n) is 13.7. The van der Waals surface area contributed by atoms with Crippen LogP contribution in [0.15, 0.2) is 54.9 Å². The molecule has 5 heteroatoms. The quantitative estimate of drug-likeness (QED) is 0.742. The van der Waals surface area contributed by atoms with Crippen molar-refractivity contribution in [3.63, 3.8) is 0 Å². The van der Waals surface area contributed by atoms with Crippen molar-refractivity contribution < 1.29 is 4.74 Å². The number of anilines is 2. The van der Waals surface area contributed by atoms with Crippen molar-refractivity contribution in [2.45, 2.75) is 0 Å². The second-order valence-corrected chi connectivity index (χ2v) is 5.86. The monoisotopic (exact) mass is 320 g/mol. The second-order valence-electron chi connectivity index (χ2n) is 5.86. The molecule has 0 amide bonds. The Morgan fingerprint density at radius 2 is 1.54 bits per heavy atom. The van der Waals surface area contributed by atoms with Crippen LogP contribution >= 0.6 is 0 Å². The summed E-state index contributed by atoms with van der Waals surface area (Å²) >= 11 is 0. The lowest BCUT2D eigenvalue weighted by Gasteiger charge is -2.37. The molecule has 1 fully saturated rings. The molecule has 5 nitrogen and oxygen atoms in total. The van der Waals surface area contributed by atoms with Gasteiger partial charge in [-0.25, -0.2) is 9.97 Å². The van der Waals surface area contributed by atoms with Crippen LogP contribution in [0.4, 0.5) is 11.5 Å². The molecule has 1 aliphatic heterocycles. The molecule has 0 atom stereocenters. The smallest absolute Gasteiger partial charge is 0.142 e. The van der Waals surface area contributed by atoms with Gasteiger partial charge in [-0.05, 0) is 24.3 Å². The van der Waals surface area contributed by atoms with Gasteiger partial charge in [0.15, 0.2) is 0 Å². The molecule has 0 radical (unpaired) electrons. The number of para-hydroxylation sites is 3. The van der Waals surface area contributed by atoms with Crippen LogP contribution in [0.25, 0.3) is 10.9 Å². The van der Waals surface area contributed by atoms with E-state index >= 15 is 0 Å². The van der Waals surface area contributed by atoms with Gasteiger partial charge in [0.2, 0.25) is 0 Å². The van der Waals surface area contributed by atoms with Gasteiger partial charge in [0, 0.05) is 31.6 Å². The van der Waals surface area contributed by atoms with Crippen LogP contribution in [-0.2, 0) is 0 Å². The number of nitrogens with zero attached hydrogens (tertiary/aromatic N) is 4. The summed E-state index contributed by atoms with van der Waals surface area (Å²) in [7, 11) is 1.72. The van der Waals surface area contributed by atoms with E-state index in [1.807, 2.05) is 30.3 Å². The third-order valence-corrected chi connectivity index (χ3v) is 4.53. The molecule has 2 heterocycles. The zero-order valence-corrected chi connectivity index (χ0v) is 13.7. The van der Waals surface area contributed by atoms with Crippen LogP contribution in [0.2, 0.25) is 0 Å². The largest absolute Gasteiger partial charge is 0.495 e. The molecule has 0 N–H and O–H groups in total. The molecule has 24 heavy (non-hydrogen) atoms. The van der Waals surface area contributed by atoms with Crippen LogP contribution in [0.5, 0.6) is 5.75 Å². The molecule has 0 saturated carbocycles. The minimum atomic E-state index is 0.929. The molecule has 4 rings (SSSR count). The number of hydrogen-bond acceptors (Lipinski definition) is 5. The highest BCUT2D eigenvalue weighted by atomic mass is 16.5. The molecule has 1 aromatic heterocycles. The molecule has 3 aromatic rings. The summed E-state index contributed by atoms with van der Waals surface area (Å²) in [5, 5.41) is 1.12. The summed E-state index contributed by atoms with van der Waals surface area (Å²) in [6.07, 6.45) is 1.66. The first kappa shape index (κ1) is 14.8. The molecule has 0 spiro atoms. The topological polar surface area (TPSA) is 41.5 Å². The standard InChI is InChI=1S/C19H20N4O/c1-24-18-9-5-4-8-17(18)22-10-12-23(13-11-22)19-15-6-2-3-7-16(15)20-14-21-19/h2-9,14H,10-13H2,1H3. The highest BCUT2D eigenvalue weighted by Gasteiger charge is 2.21. The predicted molar refractivity (Wildman–Crippen MR) is 97.0 cm³/mol. The molecule has 1 aliphatic rings. The van der Waals surface area contributed by atoms with Gasteiger partial charge < -0.3 is 14.5 Å². The van der Waals surface area contributed by atoms with E-state index in [2.05, 4.69) is 38.0 Å². The third kappa shape index (κ3) is 2.62. The minimum absolute atomic E-state index is 0.929. The van der Waals surface area contributed by atoms with Gasteiger partial charge in [0.05, 0.1) is 18.3 Å². The number of piperazine rings is 1. The first-order valence-corrected chi connectivity index (χ1v) is 8.19. The molecule has 0 bridgehead atoms. The van der Waals surface area contributed by atoms with Crippen LogP contribution in [-0.4, -0.2) is 43.3 Å². The fourth-order valence-electron chi connectivity index (χ4n) is 3.29. The lowest BCUT2D eigenvalue weighted by atomic mass is 10.2. The van der Waals surface area contributed by atoms with E-state index in [0.29, 0.717) is 0 Å². The van der Waals surface area contributed by atoms with Crippen molar-refractivity contribution in [2.24, 2.45) is 0 Å². The van der Waals surface area contributed by atoms with Crippen molar-refractivity contribution in [3.8, 4) is 5.75 Å². The fourth-order valence-corrected chi connectivity index (χ4v) is 3.29. The van der Waals surface area contributed by atoms with Gasteiger partial charge >= 0.3 is 0 Å². The van der Waals surface area contributed by atoms with Gasteiger partial charge in [0.1, 0.15) is 17.9 Å². The van der Waals surface area contributed by atoms with Gasteiger partial charge in [-0.2, -0.15) is 0 Å². The van der Waals surface area contributed by atoms with Gasteiger partial charge in [0.25, 0.3) is 0 Å². The van der Waals surface area contributed by atoms with E-state index in [9.17, 15) is 0 Å². The Morgan fingerprint density at radius 1 is 0.833 bits per heavy atom. The Kier molecular flexibility index (Phi) is 3.91. The molecular formula is C19H20N4O. The normalized spacial score (nSPS) is 14.9.